The third kappa shape index (κ3) is 3.86. The summed E-state index contributed by atoms with van der Waals surface area (Å²) >= 11 is 0. The van der Waals surface area contributed by atoms with E-state index in [1.54, 1.807) is 28.9 Å². The largest absolute Gasteiger partial charge is 0.493 e. The fourth-order valence-electron chi connectivity index (χ4n) is 3.04. The lowest BCUT2D eigenvalue weighted by Crippen LogP contribution is -2.24. The predicted molar refractivity (Wildman–Crippen MR) is 110 cm³/mol. The number of aromatic hydroxyl groups is 1. The molecule has 0 aliphatic heterocycles. The van der Waals surface area contributed by atoms with E-state index in [1.165, 1.54) is 0 Å². The van der Waals surface area contributed by atoms with E-state index in [0.717, 1.165) is 18.4 Å². The summed E-state index contributed by atoms with van der Waals surface area (Å²) in [5, 5.41) is 26.9. The summed E-state index contributed by atoms with van der Waals surface area (Å²) in [6.45, 7) is 0.462. The van der Waals surface area contributed by atoms with Gasteiger partial charge >= 0.3 is 5.69 Å². The molecule has 0 bridgehead atoms. The molecule has 1 aliphatic rings. The molecule has 0 unspecified atom stereocenters. The van der Waals surface area contributed by atoms with E-state index >= 15 is 0 Å². The molecule has 0 atom stereocenters. The molecule has 0 spiro atoms. The van der Waals surface area contributed by atoms with Gasteiger partial charge in [-0.15, -0.1) is 0 Å². The second-order valence-electron chi connectivity index (χ2n) is 7.19. The van der Waals surface area contributed by atoms with Crippen LogP contribution in [0.3, 0.4) is 0 Å². The maximum atomic E-state index is 11.4. The number of hydrogen-bond acceptors (Lipinski definition) is 8. The normalized spacial score (nSPS) is 14.8. The van der Waals surface area contributed by atoms with Crippen molar-refractivity contribution in [2.75, 3.05) is 5.32 Å². The minimum Gasteiger partial charge on any atom is -0.493 e. The Kier molecular flexibility index (Phi) is 4.44. The van der Waals surface area contributed by atoms with Crippen molar-refractivity contribution in [2.24, 2.45) is 4.99 Å². The van der Waals surface area contributed by atoms with Gasteiger partial charge in [-0.1, -0.05) is 12.1 Å². The number of fused-ring (bicyclic) bond motifs is 1. The lowest BCUT2D eigenvalue weighted by Gasteiger charge is -2.05. The van der Waals surface area contributed by atoms with Crippen LogP contribution in [0, 0.1) is 11.3 Å². The molecule has 11 nitrogen and oxygen atoms in total. The van der Waals surface area contributed by atoms with Gasteiger partial charge in [0.1, 0.15) is 5.69 Å². The highest BCUT2D eigenvalue weighted by Gasteiger charge is 2.21. The van der Waals surface area contributed by atoms with Gasteiger partial charge in [0.15, 0.2) is 5.65 Å². The highest BCUT2D eigenvalue weighted by atomic mass is 16.3. The van der Waals surface area contributed by atoms with E-state index in [1.807, 2.05) is 12.1 Å². The van der Waals surface area contributed by atoms with Crippen molar-refractivity contribution in [2.45, 2.75) is 25.4 Å². The topological polar surface area (TPSA) is 160 Å². The molecule has 4 aromatic rings. The fraction of sp³-hybridized carbons (Fsp3) is 0.200. The lowest BCUT2D eigenvalue weighted by atomic mass is 10.1. The molecule has 11 heteroatoms. The number of nitrogens with zero attached hydrogens (tertiary/aromatic N) is 6. The Morgan fingerprint density at radius 3 is 2.77 bits per heavy atom. The number of nitriles is 1. The Labute approximate surface area is 174 Å². The number of aromatic amines is 2. The molecule has 1 aliphatic carbocycles. The van der Waals surface area contributed by atoms with Crippen LogP contribution in [0.25, 0.3) is 11.7 Å². The van der Waals surface area contributed by atoms with Crippen LogP contribution in [0.1, 0.15) is 29.7 Å². The number of aromatic nitrogens is 6. The first-order valence-electron chi connectivity index (χ1n) is 9.64. The van der Waals surface area contributed by atoms with Gasteiger partial charge in [-0.05, 0) is 36.6 Å². The SMILES string of the molecule is N#Cc1ccc(CNc2nc(=NC3CC3)n3nc/c(=C/c4[nH]c(=O)[nH]c4O)c3n2)cc1. The Hall–Kier alpha value is -4.46. The summed E-state index contributed by atoms with van der Waals surface area (Å²) < 4.78 is 1.54. The Balaban J connectivity index is 1.56. The standard InChI is InChI=1S/C20H17N9O2/c21-8-11-1-3-12(4-2-11)9-22-18-26-16-13(7-15-17(30)27-20(31)25-15)10-23-29(16)19(28-18)24-14-5-6-14/h1-4,7,10,14,30H,5-6,9H2,(H,22,24,28)(H2,25,27,31)/b13-7-. The first-order valence-corrected chi connectivity index (χ1v) is 9.64. The van der Waals surface area contributed by atoms with Crippen LogP contribution in [0.2, 0.25) is 0 Å². The second kappa shape index (κ2) is 7.42. The third-order valence-electron chi connectivity index (χ3n) is 4.79. The Bertz CT molecular complexity index is 1480. The zero-order valence-electron chi connectivity index (χ0n) is 16.2. The molecule has 0 amide bonds. The molecule has 5 rings (SSSR count). The van der Waals surface area contributed by atoms with Crippen molar-refractivity contribution in [3.63, 3.8) is 0 Å². The molecule has 0 saturated heterocycles. The van der Waals surface area contributed by atoms with Crippen molar-refractivity contribution in [1.82, 2.24) is 29.5 Å². The van der Waals surface area contributed by atoms with Crippen molar-refractivity contribution < 1.29 is 5.11 Å². The van der Waals surface area contributed by atoms with Gasteiger partial charge in [-0.25, -0.2) is 9.79 Å². The fourth-order valence-corrected chi connectivity index (χ4v) is 3.04. The number of nitrogens with one attached hydrogen (secondary N) is 3. The number of benzene rings is 1. The van der Waals surface area contributed by atoms with Crippen LogP contribution in [0.4, 0.5) is 5.95 Å². The summed E-state index contributed by atoms with van der Waals surface area (Å²) in [6, 6.07) is 9.56. The third-order valence-corrected chi connectivity index (χ3v) is 4.79. The molecule has 0 radical (unpaired) electrons. The summed E-state index contributed by atoms with van der Waals surface area (Å²) in [4.78, 5) is 29.9. The van der Waals surface area contributed by atoms with Gasteiger partial charge in [0.25, 0.3) is 5.62 Å². The van der Waals surface area contributed by atoms with Gasteiger partial charge < -0.3 is 15.4 Å². The number of H-pyrrole nitrogens is 2. The smallest absolute Gasteiger partial charge is 0.326 e. The molecule has 154 valence electrons. The van der Waals surface area contributed by atoms with Crippen LogP contribution >= 0.6 is 0 Å². The van der Waals surface area contributed by atoms with Crippen LogP contribution in [0.15, 0.2) is 40.2 Å². The lowest BCUT2D eigenvalue weighted by molar-refractivity contribution is 0.454. The zero-order valence-corrected chi connectivity index (χ0v) is 16.2. The predicted octanol–water partition coefficient (Wildman–Crippen LogP) is -0.0591. The van der Waals surface area contributed by atoms with E-state index in [9.17, 15) is 9.90 Å². The van der Waals surface area contributed by atoms with Gasteiger partial charge in [0.05, 0.1) is 23.9 Å². The first kappa shape index (κ1) is 18.6. The van der Waals surface area contributed by atoms with Gasteiger partial charge in [-0.2, -0.15) is 24.8 Å². The van der Waals surface area contributed by atoms with Crippen molar-refractivity contribution in [3.05, 3.63) is 68.6 Å². The first-order chi connectivity index (χ1) is 15.1. The summed E-state index contributed by atoms with van der Waals surface area (Å²) in [5.74, 6) is 0.110. The van der Waals surface area contributed by atoms with Gasteiger partial charge in [0.2, 0.25) is 11.8 Å². The van der Waals surface area contributed by atoms with Crippen molar-refractivity contribution in [1.29, 1.82) is 5.26 Å². The molecule has 3 heterocycles. The average Bonchev–Trinajstić information content (AvgIpc) is 3.41. The molecule has 1 fully saturated rings. The monoisotopic (exact) mass is 415 g/mol. The Morgan fingerprint density at radius 1 is 1.29 bits per heavy atom. The zero-order chi connectivity index (χ0) is 21.4. The van der Waals surface area contributed by atoms with Crippen LogP contribution in [0.5, 0.6) is 5.88 Å². The highest BCUT2D eigenvalue weighted by molar-refractivity contribution is 5.57. The number of hydrogen-bond donors (Lipinski definition) is 4. The second-order valence-corrected chi connectivity index (χ2v) is 7.19. The highest BCUT2D eigenvalue weighted by Crippen LogP contribution is 2.22. The van der Waals surface area contributed by atoms with Crippen LogP contribution in [-0.2, 0) is 6.54 Å². The summed E-state index contributed by atoms with van der Waals surface area (Å²) in [6.07, 6.45) is 5.18. The minimum absolute atomic E-state index is 0.228. The molecule has 1 saturated carbocycles. The van der Waals surface area contributed by atoms with Crippen molar-refractivity contribution >= 4 is 17.7 Å². The molecule has 31 heavy (non-hydrogen) atoms. The van der Waals surface area contributed by atoms with Gasteiger partial charge in [-0.3, -0.25) is 4.98 Å². The maximum absolute atomic E-state index is 11.4. The van der Waals surface area contributed by atoms with Gasteiger partial charge in [0, 0.05) is 11.8 Å². The molecular weight excluding hydrogens is 398 g/mol. The molecule has 3 aromatic heterocycles. The van der Waals surface area contributed by atoms with Crippen LogP contribution in [-0.4, -0.2) is 40.7 Å². The van der Waals surface area contributed by atoms with Crippen LogP contribution < -0.4 is 21.8 Å². The maximum Gasteiger partial charge on any atom is 0.326 e. The summed E-state index contributed by atoms with van der Waals surface area (Å²) in [5.41, 5.74) is 2.20. The molecular formula is C20H17N9O2. The Morgan fingerprint density at radius 2 is 2.10 bits per heavy atom. The molecule has 1 aromatic carbocycles. The van der Waals surface area contributed by atoms with E-state index in [4.69, 9.17) is 5.26 Å². The minimum atomic E-state index is -0.510. The number of imidazole rings is 1. The van der Waals surface area contributed by atoms with E-state index in [-0.39, 0.29) is 17.6 Å². The quantitative estimate of drug-likeness (QED) is 0.355. The van der Waals surface area contributed by atoms with Crippen molar-refractivity contribution in [3.8, 4) is 11.9 Å². The molecule has 4 N–H and O–H groups in total. The summed E-state index contributed by atoms with van der Waals surface area (Å²) in [7, 11) is 0. The number of rotatable bonds is 5. The van der Waals surface area contributed by atoms with E-state index in [0.29, 0.717) is 34.5 Å². The van der Waals surface area contributed by atoms with E-state index in [2.05, 4.69) is 41.4 Å². The number of anilines is 1. The van der Waals surface area contributed by atoms with E-state index < -0.39 is 5.69 Å². The average molecular weight is 415 g/mol.